The third-order valence-electron chi connectivity index (χ3n) is 3.77. The van der Waals surface area contributed by atoms with Crippen molar-refractivity contribution >= 4 is 17.7 Å². The predicted octanol–water partition coefficient (Wildman–Crippen LogP) is 5.13. The summed E-state index contributed by atoms with van der Waals surface area (Å²) < 4.78 is 16.8. The third kappa shape index (κ3) is 9.53. The Balaban J connectivity index is 1.97. The Bertz CT molecular complexity index is 852. The summed E-state index contributed by atoms with van der Waals surface area (Å²) in [5.74, 6) is 0.806. The molecule has 0 saturated carbocycles. The lowest BCUT2D eigenvalue weighted by Gasteiger charge is -2.27. The van der Waals surface area contributed by atoms with Crippen LogP contribution in [0.25, 0.3) is 0 Å². The highest BCUT2D eigenvalue weighted by Crippen LogP contribution is 2.22. The standard InChI is InChI=1S/C24H32N2O5/c1-23(2,3)29-16-20(21(27)31-24(4,5)6)26-22(28)25-17-12-14-19(15-13-17)30-18-10-8-7-9-11-18/h7-15,20H,16H2,1-6H3,(H2,25,26,28). The van der Waals surface area contributed by atoms with Crippen LogP contribution in [0.5, 0.6) is 11.5 Å². The van der Waals surface area contributed by atoms with E-state index in [4.69, 9.17) is 14.2 Å². The van der Waals surface area contributed by atoms with E-state index in [1.165, 1.54) is 0 Å². The fourth-order valence-electron chi connectivity index (χ4n) is 2.43. The molecule has 0 spiro atoms. The summed E-state index contributed by atoms with van der Waals surface area (Å²) in [5, 5.41) is 5.34. The van der Waals surface area contributed by atoms with Gasteiger partial charge in [-0.3, -0.25) is 0 Å². The normalized spacial score (nSPS) is 12.6. The second-order valence-electron chi connectivity index (χ2n) is 9.05. The maximum absolute atomic E-state index is 12.5. The molecule has 1 atom stereocenters. The Morgan fingerprint density at radius 2 is 1.42 bits per heavy atom. The number of benzene rings is 2. The molecule has 0 aromatic heterocycles. The Morgan fingerprint density at radius 3 is 1.97 bits per heavy atom. The van der Waals surface area contributed by atoms with E-state index in [0.29, 0.717) is 11.4 Å². The van der Waals surface area contributed by atoms with Crippen LogP contribution in [-0.2, 0) is 14.3 Å². The molecule has 0 heterocycles. The van der Waals surface area contributed by atoms with Crippen LogP contribution in [0.2, 0.25) is 0 Å². The number of amides is 2. The molecule has 1 unspecified atom stereocenters. The highest BCUT2D eigenvalue weighted by molar-refractivity contribution is 5.92. The molecule has 0 saturated heterocycles. The number of nitrogens with one attached hydrogen (secondary N) is 2. The first kappa shape index (κ1) is 24.2. The number of urea groups is 1. The van der Waals surface area contributed by atoms with Crippen molar-refractivity contribution in [3.63, 3.8) is 0 Å². The van der Waals surface area contributed by atoms with E-state index in [0.717, 1.165) is 5.75 Å². The SMILES string of the molecule is CC(C)(C)OCC(NC(=O)Nc1ccc(Oc2ccccc2)cc1)C(=O)OC(C)(C)C. The van der Waals surface area contributed by atoms with Gasteiger partial charge in [0.2, 0.25) is 0 Å². The highest BCUT2D eigenvalue weighted by Gasteiger charge is 2.28. The monoisotopic (exact) mass is 428 g/mol. The molecule has 7 nitrogen and oxygen atoms in total. The second kappa shape index (κ2) is 10.3. The van der Waals surface area contributed by atoms with Gasteiger partial charge < -0.3 is 24.8 Å². The van der Waals surface area contributed by atoms with Crippen molar-refractivity contribution in [1.29, 1.82) is 0 Å². The van der Waals surface area contributed by atoms with Gasteiger partial charge in [0.05, 0.1) is 12.2 Å². The van der Waals surface area contributed by atoms with Crippen LogP contribution < -0.4 is 15.4 Å². The first-order valence-electron chi connectivity index (χ1n) is 10.2. The van der Waals surface area contributed by atoms with Crippen LogP contribution in [0.15, 0.2) is 54.6 Å². The number of esters is 1. The zero-order valence-corrected chi connectivity index (χ0v) is 19.0. The van der Waals surface area contributed by atoms with Crippen LogP contribution in [0.1, 0.15) is 41.5 Å². The summed E-state index contributed by atoms with van der Waals surface area (Å²) in [6, 6.07) is 14.8. The van der Waals surface area contributed by atoms with Gasteiger partial charge in [0.1, 0.15) is 17.1 Å². The Morgan fingerprint density at radius 1 is 0.839 bits per heavy atom. The smallest absolute Gasteiger partial charge is 0.331 e. The summed E-state index contributed by atoms with van der Waals surface area (Å²) >= 11 is 0. The van der Waals surface area contributed by atoms with Crippen molar-refractivity contribution in [1.82, 2.24) is 5.32 Å². The van der Waals surface area contributed by atoms with Crippen molar-refractivity contribution < 1.29 is 23.8 Å². The quantitative estimate of drug-likeness (QED) is 0.598. The Labute approximate surface area is 184 Å². The van der Waals surface area contributed by atoms with Crippen LogP contribution in [-0.4, -0.2) is 35.9 Å². The molecule has 2 aromatic rings. The van der Waals surface area contributed by atoms with E-state index in [1.54, 1.807) is 45.0 Å². The third-order valence-corrected chi connectivity index (χ3v) is 3.77. The van der Waals surface area contributed by atoms with E-state index >= 15 is 0 Å². The van der Waals surface area contributed by atoms with Gasteiger partial charge in [-0.2, -0.15) is 0 Å². The second-order valence-corrected chi connectivity index (χ2v) is 9.05. The van der Waals surface area contributed by atoms with Gasteiger partial charge in [0.25, 0.3) is 0 Å². The molecule has 0 radical (unpaired) electrons. The molecule has 31 heavy (non-hydrogen) atoms. The molecule has 2 rings (SSSR count). The van der Waals surface area contributed by atoms with Crippen LogP contribution >= 0.6 is 0 Å². The number of hydrogen-bond donors (Lipinski definition) is 2. The average Bonchev–Trinajstić information content (AvgIpc) is 2.65. The van der Waals surface area contributed by atoms with Gasteiger partial charge in [-0.25, -0.2) is 9.59 Å². The van der Waals surface area contributed by atoms with Crippen molar-refractivity contribution in [2.24, 2.45) is 0 Å². The Hall–Kier alpha value is -3.06. The molecule has 0 bridgehead atoms. The summed E-state index contributed by atoms with van der Waals surface area (Å²) in [5.41, 5.74) is -0.589. The molecular weight excluding hydrogens is 396 g/mol. The molecule has 0 aliphatic carbocycles. The lowest BCUT2D eigenvalue weighted by atomic mass is 10.1. The molecule has 0 aliphatic rings. The molecule has 2 aromatic carbocycles. The van der Waals surface area contributed by atoms with E-state index in [9.17, 15) is 9.59 Å². The first-order chi connectivity index (χ1) is 14.4. The Kier molecular flexibility index (Phi) is 8.05. The predicted molar refractivity (Wildman–Crippen MR) is 120 cm³/mol. The summed E-state index contributed by atoms with van der Waals surface area (Å²) in [4.78, 5) is 25.0. The summed E-state index contributed by atoms with van der Waals surface area (Å²) in [6.07, 6.45) is 0. The average molecular weight is 429 g/mol. The van der Waals surface area contributed by atoms with Crippen molar-refractivity contribution in [2.75, 3.05) is 11.9 Å². The first-order valence-corrected chi connectivity index (χ1v) is 10.2. The van der Waals surface area contributed by atoms with Crippen molar-refractivity contribution in [3.05, 3.63) is 54.6 Å². The number of hydrogen-bond acceptors (Lipinski definition) is 5. The maximum atomic E-state index is 12.5. The lowest BCUT2D eigenvalue weighted by Crippen LogP contribution is -2.49. The minimum absolute atomic E-state index is 0.00428. The van der Waals surface area contributed by atoms with Crippen molar-refractivity contribution in [3.8, 4) is 11.5 Å². The number of carbonyl (C=O) groups is 2. The molecule has 7 heteroatoms. The van der Waals surface area contributed by atoms with Gasteiger partial charge in [-0.05, 0) is 77.9 Å². The molecular formula is C24H32N2O5. The number of para-hydroxylation sites is 1. The van der Waals surface area contributed by atoms with Gasteiger partial charge >= 0.3 is 12.0 Å². The molecule has 2 N–H and O–H groups in total. The van der Waals surface area contributed by atoms with Gasteiger partial charge in [-0.15, -0.1) is 0 Å². The van der Waals surface area contributed by atoms with Crippen LogP contribution in [0.3, 0.4) is 0 Å². The molecule has 0 fully saturated rings. The fraction of sp³-hybridized carbons (Fsp3) is 0.417. The maximum Gasteiger partial charge on any atom is 0.331 e. The number of carbonyl (C=O) groups excluding carboxylic acids is 2. The molecule has 0 aliphatic heterocycles. The van der Waals surface area contributed by atoms with Crippen LogP contribution in [0, 0.1) is 0 Å². The molecule has 168 valence electrons. The van der Waals surface area contributed by atoms with Gasteiger partial charge in [0.15, 0.2) is 6.04 Å². The van der Waals surface area contributed by atoms with E-state index in [2.05, 4.69) is 10.6 Å². The summed E-state index contributed by atoms with van der Waals surface area (Å²) in [6.45, 7) is 10.9. The number of anilines is 1. The largest absolute Gasteiger partial charge is 0.458 e. The highest BCUT2D eigenvalue weighted by atomic mass is 16.6. The van der Waals surface area contributed by atoms with Crippen LogP contribution in [0.4, 0.5) is 10.5 Å². The molecule has 2 amide bonds. The minimum Gasteiger partial charge on any atom is -0.458 e. The van der Waals surface area contributed by atoms with Gasteiger partial charge in [-0.1, -0.05) is 18.2 Å². The minimum atomic E-state index is -0.945. The van der Waals surface area contributed by atoms with Crippen molar-refractivity contribution in [2.45, 2.75) is 58.8 Å². The topological polar surface area (TPSA) is 85.9 Å². The zero-order chi connectivity index (χ0) is 23.1. The van der Waals surface area contributed by atoms with Gasteiger partial charge in [0, 0.05) is 5.69 Å². The number of rotatable bonds is 7. The summed E-state index contributed by atoms with van der Waals surface area (Å²) in [7, 11) is 0. The van der Waals surface area contributed by atoms with E-state index in [-0.39, 0.29) is 6.61 Å². The number of ether oxygens (including phenoxy) is 3. The lowest BCUT2D eigenvalue weighted by molar-refractivity contribution is -0.160. The fourth-order valence-corrected chi connectivity index (χ4v) is 2.43. The van der Waals surface area contributed by atoms with E-state index in [1.807, 2.05) is 51.1 Å². The van der Waals surface area contributed by atoms with E-state index < -0.39 is 29.2 Å². The zero-order valence-electron chi connectivity index (χ0n) is 19.0.